The van der Waals surface area contributed by atoms with E-state index in [9.17, 15) is 0 Å². The standard InChI is InChI=1S/C18H21Cl/c1-13-4-8-17(9-5-13)18(12-19)11-16-7-6-14(2)15(3)10-16/h4-10,18H,11-12H2,1-3H3. The summed E-state index contributed by atoms with van der Waals surface area (Å²) in [5.41, 5.74) is 6.70. The molecule has 0 nitrogen and oxygen atoms in total. The third kappa shape index (κ3) is 3.61. The fraction of sp³-hybridized carbons (Fsp3) is 0.333. The molecule has 0 radical (unpaired) electrons. The molecule has 100 valence electrons. The number of alkyl halides is 1. The highest BCUT2D eigenvalue weighted by atomic mass is 35.5. The summed E-state index contributed by atoms with van der Waals surface area (Å²) < 4.78 is 0. The van der Waals surface area contributed by atoms with Crippen LogP contribution in [0.1, 0.15) is 33.7 Å². The summed E-state index contributed by atoms with van der Waals surface area (Å²) in [6, 6.07) is 15.4. The Labute approximate surface area is 121 Å². The van der Waals surface area contributed by atoms with Gasteiger partial charge in [0.1, 0.15) is 0 Å². The van der Waals surface area contributed by atoms with E-state index in [4.69, 9.17) is 11.6 Å². The SMILES string of the molecule is Cc1ccc(C(CCl)Cc2ccc(C)c(C)c2)cc1. The van der Waals surface area contributed by atoms with Crippen molar-refractivity contribution in [3.05, 3.63) is 70.3 Å². The highest BCUT2D eigenvalue weighted by Crippen LogP contribution is 2.24. The third-order valence-electron chi connectivity index (χ3n) is 3.79. The second-order valence-corrected chi connectivity index (χ2v) is 5.69. The quantitative estimate of drug-likeness (QED) is 0.673. The van der Waals surface area contributed by atoms with Crippen LogP contribution in [0.25, 0.3) is 0 Å². The molecule has 1 unspecified atom stereocenters. The molecule has 0 fully saturated rings. The molecule has 2 rings (SSSR count). The molecule has 0 aromatic heterocycles. The van der Waals surface area contributed by atoms with Gasteiger partial charge in [0.15, 0.2) is 0 Å². The molecule has 1 atom stereocenters. The summed E-state index contributed by atoms with van der Waals surface area (Å²) in [5.74, 6) is 1.06. The van der Waals surface area contributed by atoms with Crippen LogP contribution in [0.3, 0.4) is 0 Å². The van der Waals surface area contributed by atoms with E-state index in [0.29, 0.717) is 11.8 Å². The molecular formula is C18H21Cl. The van der Waals surface area contributed by atoms with Crippen LogP contribution < -0.4 is 0 Å². The van der Waals surface area contributed by atoms with E-state index in [0.717, 1.165) is 6.42 Å². The minimum absolute atomic E-state index is 0.393. The normalized spacial score (nSPS) is 12.4. The number of benzene rings is 2. The first-order valence-electron chi connectivity index (χ1n) is 6.79. The second kappa shape index (κ2) is 6.25. The number of aryl methyl sites for hydroxylation is 3. The van der Waals surface area contributed by atoms with Gasteiger partial charge in [-0.25, -0.2) is 0 Å². The molecule has 0 aliphatic carbocycles. The van der Waals surface area contributed by atoms with Crippen LogP contribution in [0.2, 0.25) is 0 Å². The second-order valence-electron chi connectivity index (χ2n) is 5.38. The van der Waals surface area contributed by atoms with Gasteiger partial charge in [-0.1, -0.05) is 48.0 Å². The van der Waals surface area contributed by atoms with Crippen molar-refractivity contribution in [2.45, 2.75) is 33.1 Å². The summed E-state index contributed by atoms with van der Waals surface area (Å²) in [4.78, 5) is 0. The van der Waals surface area contributed by atoms with Gasteiger partial charge in [-0.2, -0.15) is 0 Å². The molecule has 0 amide bonds. The van der Waals surface area contributed by atoms with Crippen LogP contribution in [0.4, 0.5) is 0 Å². The van der Waals surface area contributed by atoms with E-state index < -0.39 is 0 Å². The van der Waals surface area contributed by atoms with Crippen molar-refractivity contribution < 1.29 is 0 Å². The van der Waals surface area contributed by atoms with Gasteiger partial charge in [0.05, 0.1) is 0 Å². The molecule has 1 heteroatoms. The number of hydrogen-bond donors (Lipinski definition) is 0. The molecule has 0 saturated heterocycles. The van der Waals surface area contributed by atoms with Crippen LogP contribution in [0.15, 0.2) is 42.5 Å². The molecule has 19 heavy (non-hydrogen) atoms. The van der Waals surface area contributed by atoms with Gasteiger partial charge in [0.25, 0.3) is 0 Å². The molecule has 0 bridgehead atoms. The lowest BCUT2D eigenvalue weighted by Crippen LogP contribution is -2.05. The largest absolute Gasteiger partial charge is 0.126 e. The molecule has 0 heterocycles. The van der Waals surface area contributed by atoms with Crippen molar-refractivity contribution in [2.24, 2.45) is 0 Å². The van der Waals surface area contributed by atoms with Gasteiger partial charge in [0, 0.05) is 11.8 Å². The maximum absolute atomic E-state index is 6.16. The molecule has 2 aromatic rings. The summed E-state index contributed by atoms with van der Waals surface area (Å²) >= 11 is 6.16. The monoisotopic (exact) mass is 272 g/mol. The first-order valence-corrected chi connectivity index (χ1v) is 7.32. The fourth-order valence-corrected chi connectivity index (χ4v) is 2.60. The summed E-state index contributed by atoms with van der Waals surface area (Å²) in [5, 5.41) is 0. The van der Waals surface area contributed by atoms with Crippen LogP contribution in [0.5, 0.6) is 0 Å². The lowest BCUT2D eigenvalue weighted by molar-refractivity contribution is 0.765. The van der Waals surface area contributed by atoms with E-state index in [1.807, 2.05) is 0 Å². The average Bonchev–Trinajstić information content (AvgIpc) is 2.41. The highest BCUT2D eigenvalue weighted by molar-refractivity contribution is 6.18. The van der Waals surface area contributed by atoms with Crippen molar-refractivity contribution in [1.29, 1.82) is 0 Å². The first-order chi connectivity index (χ1) is 9.10. The third-order valence-corrected chi connectivity index (χ3v) is 4.16. The van der Waals surface area contributed by atoms with E-state index in [1.165, 1.54) is 27.8 Å². The molecule has 0 spiro atoms. The van der Waals surface area contributed by atoms with Gasteiger partial charge in [-0.05, 0) is 49.4 Å². The van der Waals surface area contributed by atoms with Gasteiger partial charge in [-0.3, -0.25) is 0 Å². The lowest BCUT2D eigenvalue weighted by Gasteiger charge is -2.15. The maximum Gasteiger partial charge on any atom is 0.0295 e. The molecule has 0 N–H and O–H groups in total. The number of halogens is 1. The molecular weight excluding hydrogens is 252 g/mol. The summed E-state index contributed by atoms with van der Waals surface area (Å²) in [6.07, 6.45) is 1.01. The molecule has 2 aromatic carbocycles. The zero-order valence-electron chi connectivity index (χ0n) is 11.9. The molecule has 0 saturated carbocycles. The Morgan fingerprint density at radius 1 is 0.895 bits per heavy atom. The van der Waals surface area contributed by atoms with Gasteiger partial charge in [0.2, 0.25) is 0 Å². The maximum atomic E-state index is 6.16. The Bertz CT molecular complexity index is 540. The topological polar surface area (TPSA) is 0 Å². The minimum Gasteiger partial charge on any atom is -0.126 e. The lowest BCUT2D eigenvalue weighted by atomic mass is 9.92. The van der Waals surface area contributed by atoms with E-state index in [-0.39, 0.29) is 0 Å². The Morgan fingerprint density at radius 3 is 2.16 bits per heavy atom. The Hall–Kier alpha value is -1.27. The van der Waals surface area contributed by atoms with Gasteiger partial charge >= 0.3 is 0 Å². The van der Waals surface area contributed by atoms with Crippen molar-refractivity contribution in [2.75, 3.05) is 5.88 Å². The van der Waals surface area contributed by atoms with Crippen molar-refractivity contribution in [3.8, 4) is 0 Å². The Balaban J connectivity index is 2.18. The summed E-state index contributed by atoms with van der Waals surface area (Å²) in [6.45, 7) is 6.43. The van der Waals surface area contributed by atoms with Crippen LogP contribution >= 0.6 is 11.6 Å². The number of hydrogen-bond acceptors (Lipinski definition) is 0. The van der Waals surface area contributed by atoms with Gasteiger partial charge < -0.3 is 0 Å². The van der Waals surface area contributed by atoms with Crippen LogP contribution in [0, 0.1) is 20.8 Å². The van der Waals surface area contributed by atoms with E-state index in [2.05, 4.69) is 63.2 Å². The molecule has 0 aliphatic rings. The van der Waals surface area contributed by atoms with Crippen molar-refractivity contribution >= 4 is 11.6 Å². The summed E-state index contributed by atoms with van der Waals surface area (Å²) in [7, 11) is 0. The Kier molecular flexibility index (Phi) is 4.66. The van der Waals surface area contributed by atoms with Gasteiger partial charge in [-0.15, -0.1) is 11.6 Å². The predicted molar refractivity (Wildman–Crippen MR) is 84.3 cm³/mol. The fourth-order valence-electron chi connectivity index (χ4n) is 2.32. The van der Waals surface area contributed by atoms with Crippen LogP contribution in [-0.2, 0) is 6.42 Å². The predicted octanol–water partition coefficient (Wildman–Crippen LogP) is 5.18. The van der Waals surface area contributed by atoms with Crippen LogP contribution in [-0.4, -0.2) is 5.88 Å². The zero-order chi connectivity index (χ0) is 13.8. The van der Waals surface area contributed by atoms with Crippen molar-refractivity contribution in [1.82, 2.24) is 0 Å². The smallest absolute Gasteiger partial charge is 0.0295 e. The zero-order valence-corrected chi connectivity index (χ0v) is 12.7. The first kappa shape index (κ1) is 14.1. The average molecular weight is 273 g/mol. The minimum atomic E-state index is 0.393. The van der Waals surface area contributed by atoms with E-state index in [1.54, 1.807) is 0 Å². The van der Waals surface area contributed by atoms with E-state index >= 15 is 0 Å². The highest BCUT2D eigenvalue weighted by Gasteiger charge is 2.11. The van der Waals surface area contributed by atoms with Crippen molar-refractivity contribution in [3.63, 3.8) is 0 Å². The Morgan fingerprint density at radius 2 is 1.58 bits per heavy atom. The number of rotatable bonds is 4. The molecule has 0 aliphatic heterocycles.